The third kappa shape index (κ3) is 2.01. The molecule has 0 fully saturated rings. The molecule has 2 aromatic heterocycles. The average Bonchev–Trinajstić information content (AvgIpc) is 3.01. The molecule has 0 bridgehead atoms. The minimum Gasteiger partial charge on any atom is -0.464 e. The number of nitriles is 1. The van der Waals surface area contributed by atoms with E-state index in [0.29, 0.717) is 28.6 Å². The van der Waals surface area contributed by atoms with Crippen LogP contribution >= 0.6 is 0 Å². The fourth-order valence-corrected chi connectivity index (χ4v) is 2.56. The van der Waals surface area contributed by atoms with E-state index in [4.69, 9.17) is 14.7 Å². The Labute approximate surface area is 136 Å². The molecule has 1 aromatic carbocycles. The van der Waals surface area contributed by atoms with Crippen LogP contribution in [0.5, 0.6) is 11.5 Å². The van der Waals surface area contributed by atoms with Gasteiger partial charge in [-0.1, -0.05) is 12.1 Å². The zero-order valence-electron chi connectivity index (χ0n) is 12.6. The first kappa shape index (κ1) is 14.0. The van der Waals surface area contributed by atoms with Gasteiger partial charge in [0.2, 0.25) is 0 Å². The van der Waals surface area contributed by atoms with Crippen molar-refractivity contribution in [2.24, 2.45) is 0 Å². The lowest BCUT2D eigenvalue weighted by atomic mass is 10.1. The van der Waals surface area contributed by atoms with Crippen LogP contribution in [-0.4, -0.2) is 27.8 Å². The number of carbonyl (C=O) groups is 1. The highest BCUT2D eigenvalue weighted by atomic mass is 16.5. The molecule has 0 atom stereocenters. The fourth-order valence-electron chi connectivity index (χ4n) is 2.56. The number of aromatic nitrogens is 3. The van der Waals surface area contributed by atoms with E-state index in [1.165, 1.54) is 18.0 Å². The molecule has 0 radical (unpaired) electrons. The third-order valence-corrected chi connectivity index (χ3v) is 3.65. The van der Waals surface area contributed by atoms with Gasteiger partial charge in [0.25, 0.3) is 0 Å². The van der Waals surface area contributed by atoms with Crippen LogP contribution in [-0.2, 0) is 4.74 Å². The van der Waals surface area contributed by atoms with Crippen LogP contribution in [0.1, 0.15) is 16.1 Å². The summed E-state index contributed by atoms with van der Waals surface area (Å²) >= 11 is 0. The summed E-state index contributed by atoms with van der Waals surface area (Å²) in [6, 6.07) is 12.6. The number of hydrogen-bond donors (Lipinski definition) is 0. The van der Waals surface area contributed by atoms with Crippen molar-refractivity contribution in [2.75, 3.05) is 7.11 Å². The molecule has 0 saturated carbocycles. The molecule has 0 unspecified atom stereocenters. The van der Waals surface area contributed by atoms with E-state index in [0.717, 1.165) is 5.56 Å². The molecule has 116 valence electrons. The van der Waals surface area contributed by atoms with Crippen molar-refractivity contribution < 1.29 is 14.3 Å². The highest BCUT2D eigenvalue weighted by molar-refractivity contribution is 5.89. The molecular formula is C17H10N4O3. The van der Waals surface area contributed by atoms with Gasteiger partial charge in [-0.25, -0.2) is 14.5 Å². The number of benzene rings is 1. The van der Waals surface area contributed by atoms with Gasteiger partial charge in [0, 0.05) is 17.8 Å². The summed E-state index contributed by atoms with van der Waals surface area (Å²) in [5.74, 6) is 0.838. The lowest BCUT2D eigenvalue weighted by molar-refractivity contribution is 0.0593. The number of pyridine rings is 1. The molecule has 3 aromatic rings. The second kappa shape index (κ2) is 5.21. The second-order valence-corrected chi connectivity index (χ2v) is 5.07. The van der Waals surface area contributed by atoms with Crippen molar-refractivity contribution in [1.29, 1.82) is 5.26 Å². The van der Waals surface area contributed by atoms with Crippen LogP contribution in [0.3, 0.4) is 0 Å². The van der Waals surface area contributed by atoms with Crippen LogP contribution < -0.4 is 4.74 Å². The van der Waals surface area contributed by atoms with Crippen LogP contribution in [0.4, 0.5) is 0 Å². The first-order valence-electron chi connectivity index (χ1n) is 7.07. The Morgan fingerprint density at radius 3 is 2.92 bits per heavy atom. The summed E-state index contributed by atoms with van der Waals surface area (Å²) in [4.78, 5) is 16.1. The molecule has 1 aliphatic rings. The van der Waals surface area contributed by atoms with Crippen LogP contribution in [0.15, 0.2) is 42.6 Å². The van der Waals surface area contributed by atoms with Gasteiger partial charge in [-0.15, -0.1) is 0 Å². The lowest BCUT2D eigenvalue weighted by Crippen LogP contribution is -2.06. The second-order valence-electron chi connectivity index (χ2n) is 5.07. The summed E-state index contributed by atoms with van der Waals surface area (Å²) in [7, 11) is 1.30. The number of hydrogen-bond acceptors (Lipinski definition) is 6. The van der Waals surface area contributed by atoms with E-state index in [1.54, 1.807) is 18.2 Å². The number of fused-ring (bicyclic) bond motifs is 5. The van der Waals surface area contributed by atoms with E-state index < -0.39 is 5.97 Å². The molecule has 0 saturated heterocycles. The maximum Gasteiger partial charge on any atom is 0.358 e. The van der Waals surface area contributed by atoms with E-state index in [9.17, 15) is 4.79 Å². The molecule has 0 spiro atoms. The third-order valence-electron chi connectivity index (χ3n) is 3.65. The molecule has 3 heterocycles. The smallest absolute Gasteiger partial charge is 0.358 e. The van der Waals surface area contributed by atoms with Gasteiger partial charge in [-0.2, -0.15) is 10.4 Å². The molecule has 0 amide bonds. The van der Waals surface area contributed by atoms with Crippen molar-refractivity contribution in [2.45, 2.75) is 0 Å². The fraction of sp³-hybridized carbons (Fsp3) is 0.0588. The summed E-state index contributed by atoms with van der Waals surface area (Å²) in [6.45, 7) is 0. The van der Waals surface area contributed by atoms with Gasteiger partial charge in [-0.05, 0) is 18.2 Å². The maximum absolute atomic E-state index is 11.8. The summed E-state index contributed by atoms with van der Waals surface area (Å²) < 4.78 is 12.2. The van der Waals surface area contributed by atoms with E-state index >= 15 is 0 Å². The van der Waals surface area contributed by atoms with E-state index in [1.807, 2.05) is 24.3 Å². The number of ether oxygens (including phenoxy) is 2. The Hall–Kier alpha value is -3.66. The predicted molar refractivity (Wildman–Crippen MR) is 82.9 cm³/mol. The highest BCUT2D eigenvalue weighted by Gasteiger charge is 2.25. The van der Waals surface area contributed by atoms with Gasteiger partial charge in [0.05, 0.1) is 18.4 Å². The molecule has 7 heteroatoms. The van der Waals surface area contributed by atoms with Gasteiger partial charge in [0.1, 0.15) is 11.8 Å². The average molecular weight is 318 g/mol. The van der Waals surface area contributed by atoms with Crippen LogP contribution in [0, 0.1) is 11.3 Å². The SMILES string of the molecule is COC(=O)c1cc2n(n1)-c1ncc(C#N)cc1Oc1ccccc1-2. The first-order valence-corrected chi connectivity index (χ1v) is 7.07. The molecule has 24 heavy (non-hydrogen) atoms. The zero-order valence-corrected chi connectivity index (χ0v) is 12.6. The van der Waals surface area contributed by atoms with Crippen molar-refractivity contribution in [3.8, 4) is 34.6 Å². The summed E-state index contributed by atoms with van der Waals surface area (Å²) in [5, 5.41) is 13.4. The summed E-state index contributed by atoms with van der Waals surface area (Å²) in [5.41, 5.74) is 1.95. The van der Waals surface area contributed by atoms with Crippen LogP contribution in [0.25, 0.3) is 17.1 Å². The topological polar surface area (TPSA) is 90.0 Å². The highest BCUT2D eigenvalue weighted by Crippen LogP contribution is 2.40. The van der Waals surface area contributed by atoms with Crippen molar-refractivity contribution in [3.05, 3.63) is 53.9 Å². The Bertz CT molecular complexity index is 1020. The Balaban J connectivity index is 2.03. The van der Waals surface area contributed by atoms with Gasteiger partial charge >= 0.3 is 5.97 Å². The standard InChI is InChI=1S/C17H10N4O3/c1-23-17(22)12-7-13-11-4-2-3-5-14(11)24-15-6-10(8-18)9-19-16(15)21(13)20-12/h2-7,9H,1H3. The number of methoxy groups -OCH3 is 1. The minimum atomic E-state index is -0.538. The lowest BCUT2D eigenvalue weighted by Gasteiger charge is -2.07. The van der Waals surface area contributed by atoms with Crippen molar-refractivity contribution in [3.63, 3.8) is 0 Å². The number of rotatable bonds is 1. The Kier molecular flexibility index (Phi) is 3.03. The normalized spacial score (nSPS) is 11.2. The molecule has 1 aliphatic heterocycles. The number of esters is 1. The van der Waals surface area contributed by atoms with Gasteiger partial charge in [-0.3, -0.25) is 0 Å². The maximum atomic E-state index is 11.8. The number of para-hydroxylation sites is 1. The Morgan fingerprint density at radius 1 is 1.29 bits per heavy atom. The van der Waals surface area contributed by atoms with E-state index in [-0.39, 0.29) is 5.69 Å². The number of nitrogens with zero attached hydrogens (tertiary/aromatic N) is 4. The largest absolute Gasteiger partial charge is 0.464 e. The quantitative estimate of drug-likeness (QED) is 0.501. The summed E-state index contributed by atoms with van der Waals surface area (Å²) in [6.07, 6.45) is 1.43. The molecular weight excluding hydrogens is 308 g/mol. The predicted octanol–water partition coefficient (Wildman–Crippen LogP) is 2.70. The molecule has 7 nitrogen and oxygen atoms in total. The van der Waals surface area contributed by atoms with Gasteiger partial charge < -0.3 is 9.47 Å². The van der Waals surface area contributed by atoms with Gasteiger partial charge in [0.15, 0.2) is 17.3 Å². The minimum absolute atomic E-state index is 0.168. The number of carbonyl (C=O) groups excluding carboxylic acids is 1. The molecule has 0 N–H and O–H groups in total. The monoisotopic (exact) mass is 318 g/mol. The zero-order chi connectivity index (χ0) is 16.7. The Morgan fingerprint density at radius 2 is 2.12 bits per heavy atom. The van der Waals surface area contributed by atoms with E-state index in [2.05, 4.69) is 10.1 Å². The molecule has 0 aliphatic carbocycles. The first-order chi connectivity index (χ1) is 11.7. The van der Waals surface area contributed by atoms with Crippen molar-refractivity contribution >= 4 is 5.97 Å². The van der Waals surface area contributed by atoms with Crippen LogP contribution in [0.2, 0.25) is 0 Å². The van der Waals surface area contributed by atoms with Crippen molar-refractivity contribution in [1.82, 2.24) is 14.8 Å². The molecule has 4 rings (SSSR count).